The average Bonchev–Trinajstić information content (AvgIpc) is 2.29. The summed E-state index contributed by atoms with van der Waals surface area (Å²) in [6, 6.07) is 0. The summed E-state index contributed by atoms with van der Waals surface area (Å²) >= 11 is 0. The maximum absolute atomic E-state index is 4.34. The molecule has 0 saturated carbocycles. The van der Waals surface area contributed by atoms with Gasteiger partial charge >= 0.3 is 0 Å². The van der Waals surface area contributed by atoms with Gasteiger partial charge in [-0.15, -0.1) is 0 Å². The van der Waals surface area contributed by atoms with Crippen molar-refractivity contribution in [2.75, 3.05) is 32.5 Å². The van der Waals surface area contributed by atoms with Gasteiger partial charge in [0.05, 0.1) is 5.69 Å². The lowest BCUT2D eigenvalue weighted by molar-refractivity contribution is 0.424. The number of hydrogen-bond donors (Lipinski definition) is 1. The van der Waals surface area contributed by atoms with Crippen molar-refractivity contribution in [2.45, 2.75) is 6.92 Å². The summed E-state index contributed by atoms with van der Waals surface area (Å²) in [6.07, 6.45) is 2.01. The molecule has 0 bridgehead atoms. The van der Waals surface area contributed by atoms with Gasteiger partial charge in [-0.3, -0.25) is 0 Å². The van der Waals surface area contributed by atoms with E-state index in [9.17, 15) is 0 Å². The van der Waals surface area contributed by atoms with Crippen LogP contribution in [0.5, 0.6) is 0 Å². The zero-order chi connectivity index (χ0) is 9.84. The van der Waals surface area contributed by atoms with Crippen molar-refractivity contribution < 1.29 is 0 Å². The van der Waals surface area contributed by atoms with Gasteiger partial charge in [0.15, 0.2) is 0 Å². The highest BCUT2D eigenvalue weighted by molar-refractivity contribution is 5.27. The summed E-state index contributed by atoms with van der Waals surface area (Å²) in [6.45, 7) is 3.94. The third kappa shape index (κ3) is 3.06. The number of aromatic nitrogens is 2. The molecule has 1 rings (SSSR count). The van der Waals surface area contributed by atoms with E-state index in [1.54, 1.807) is 0 Å². The summed E-state index contributed by atoms with van der Waals surface area (Å²) < 4.78 is 2.00. The van der Waals surface area contributed by atoms with Gasteiger partial charge in [-0.25, -0.2) is 4.98 Å². The number of aryl methyl sites for hydroxylation is 2. The molecule has 0 aliphatic carbocycles. The minimum absolute atomic E-state index is 0.928. The molecule has 1 aromatic heterocycles. The molecule has 1 N–H and O–H groups in total. The highest BCUT2D eigenvalue weighted by Crippen LogP contribution is 2.04. The minimum atomic E-state index is 0.928. The molecule has 13 heavy (non-hydrogen) atoms. The molecule has 0 aliphatic heterocycles. The van der Waals surface area contributed by atoms with E-state index in [1.807, 2.05) is 24.7 Å². The van der Waals surface area contributed by atoms with E-state index in [-0.39, 0.29) is 0 Å². The van der Waals surface area contributed by atoms with E-state index in [1.165, 1.54) is 0 Å². The Balaban J connectivity index is 2.40. The molecule has 4 nitrogen and oxygen atoms in total. The van der Waals surface area contributed by atoms with Crippen molar-refractivity contribution >= 4 is 5.95 Å². The quantitative estimate of drug-likeness (QED) is 0.744. The van der Waals surface area contributed by atoms with Crippen LogP contribution < -0.4 is 5.32 Å². The Morgan fingerprint density at radius 2 is 2.23 bits per heavy atom. The summed E-state index contributed by atoms with van der Waals surface area (Å²) in [5.74, 6) is 0.944. The standard InChI is InChI=1S/C9H18N4/c1-8-7-13(4)9(11-8)10-5-6-12(2)3/h7H,5-6H2,1-4H3,(H,10,11). The Labute approximate surface area is 79.6 Å². The number of rotatable bonds is 4. The molecule has 0 aromatic carbocycles. The fourth-order valence-electron chi connectivity index (χ4n) is 1.17. The molecule has 1 aromatic rings. The molecule has 4 heteroatoms. The second kappa shape index (κ2) is 4.28. The van der Waals surface area contributed by atoms with Crippen molar-refractivity contribution in [3.8, 4) is 0 Å². The predicted octanol–water partition coefficient (Wildman–Crippen LogP) is 0.702. The van der Waals surface area contributed by atoms with Crippen molar-refractivity contribution in [1.82, 2.24) is 14.5 Å². The Morgan fingerprint density at radius 3 is 2.69 bits per heavy atom. The lowest BCUT2D eigenvalue weighted by atomic mass is 10.6. The molecule has 0 radical (unpaired) electrons. The number of imidazole rings is 1. The van der Waals surface area contributed by atoms with Crippen molar-refractivity contribution in [1.29, 1.82) is 0 Å². The van der Waals surface area contributed by atoms with Crippen LogP contribution >= 0.6 is 0 Å². The highest BCUT2D eigenvalue weighted by atomic mass is 15.2. The zero-order valence-electron chi connectivity index (χ0n) is 8.83. The van der Waals surface area contributed by atoms with Gasteiger partial charge in [0.2, 0.25) is 5.95 Å². The summed E-state index contributed by atoms with van der Waals surface area (Å²) in [5.41, 5.74) is 1.05. The molecular formula is C9H18N4. The van der Waals surface area contributed by atoms with Crippen molar-refractivity contribution in [3.05, 3.63) is 11.9 Å². The van der Waals surface area contributed by atoms with E-state index in [2.05, 4.69) is 29.3 Å². The molecule has 74 valence electrons. The molecule has 0 atom stereocenters. The van der Waals surface area contributed by atoms with Crippen LogP contribution in [0.3, 0.4) is 0 Å². The Hall–Kier alpha value is -1.03. The van der Waals surface area contributed by atoms with E-state index >= 15 is 0 Å². The van der Waals surface area contributed by atoms with Crippen LogP contribution in [0.2, 0.25) is 0 Å². The first-order chi connectivity index (χ1) is 6.09. The lowest BCUT2D eigenvalue weighted by Gasteiger charge is -2.10. The topological polar surface area (TPSA) is 33.1 Å². The number of hydrogen-bond acceptors (Lipinski definition) is 3. The van der Waals surface area contributed by atoms with Crippen LogP contribution in [0.25, 0.3) is 0 Å². The van der Waals surface area contributed by atoms with Gasteiger partial charge in [0, 0.05) is 26.3 Å². The maximum atomic E-state index is 4.34. The highest BCUT2D eigenvalue weighted by Gasteiger charge is 2.00. The van der Waals surface area contributed by atoms with E-state index < -0.39 is 0 Å². The van der Waals surface area contributed by atoms with Crippen LogP contribution in [0.1, 0.15) is 5.69 Å². The van der Waals surface area contributed by atoms with Gasteiger partial charge in [-0.05, 0) is 21.0 Å². The first kappa shape index (κ1) is 10.1. The molecule has 0 unspecified atom stereocenters. The van der Waals surface area contributed by atoms with Crippen molar-refractivity contribution in [3.63, 3.8) is 0 Å². The first-order valence-corrected chi connectivity index (χ1v) is 4.48. The fourth-order valence-corrected chi connectivity index (χ4v) is 1.17. The van der Waals surface area contributed by atoms with Crippen LogP contribution in [0.15, 0.2) is 6.20 Å². The molecule has 0 amide bonds. The number of anilines is 1. The van der Waals surface area contributed by atoms with Crippen LogP contribution in [0, 0.1) is 6.92 Å². The SMILES string of the molecule is Cc1cn(C)c(NCCN(C)C)n1. The second-order valence-electron chi connectivity index (χ2n) is 3.55. The fraction of sp³-hybridized carbons (Fsp3) is 0.667. The van der Waals surface area contributed by atoms with Crippen LogP contribution in [0.4, 0.5) is 5.95 Å². The van der Waals surface area contributed by atoms with Gasteiger partial charge in [0.1, 0.15) is 0 Å². The molecule has 1 heterocycles. The minimum Gasteiger partial charge on any atom is -0.354 e. The number of nitrogens with one attached hydrogen (secondary N) is 1. The van der Waals surface area contributed by atoms with Crippen LogP contribution in [-0.4, -0.2) is 41.6 Å². The maximum Gasteiger partial charge on any atom is 0.202 e. The summed E-state index contributed by atoms with van der Waals surface area (Å²) in [5, 5.41) is 3.28. The van der Waals surface area contributed by atoms with E-state index in [4.69, 9.17) is 0 Å². The Bertz CT molecular complexity index is 265. The monoisotopic (exact) mass is 182 g/mol. The largest absolute Gasteiger partial charge is 0.354 e. The van der Waals surface area contributed by atoms with Crippen LogP contribution in [-0.2, 0) is 7.05 Å². The van der Waals surface area contributed by atoms with Gasteiger partial charge in [0.25, 0.3) is 0 Å². The van der Waals surface area contributed by atoms with Gasteiger partial charge < -0.3 is 14.8 Å². The third-order valence-electron chi connectivity index (χ3n) is 1.84. The van der Waals surface area contributed by atoms with Gasteiger partial charge in [-0.2, -0.15) is 0 Å². The average molecular weight is 182 g/mol. The smallest absolute Gasteiger partial charge is 0.202 e. The molecule has 0 fully saturated rings. The van der Waals surface area contributed by atoms with Crippen molar-refractivity contribution in [2.24, 2.45) is 7.05 Å². The molecule has 0 spiro atoms. The molecule has 0 aliphatic rings. The summed E-state index contributed by atoms with van der Waals surface area (Å²) in [7, 11) is 6.12. The molecular weight excluding hydrogens is 164 g/mol. The molecule has 0 saturated heterocycles. The number of nitrogens with zero attached hydrogens (tertiary/aromatic N) is 3. The Morgan fingerprint density at radius 1 is 1.54 bits per heavy atom. The number of likely N-dealkylation sites (N-methyl/N-ethyl adjacent to an activating group) is 1. The van der Waals surface area contributed by atoms with Gasteiger partial charge in [-0.1, -0.05) is 0 Å². The van der Waals surface area contributed by atoms with E-state index in [0.29, 0.717) is 0 Å². The Kier molecular flexibility index (Phi) is 3.31. The second-order valence-corrected chi connectivity index (χ2v) is 3.55. The predicted molar refractivity (Wildman–Crippen MR) is 55.0 cm³/mol. The third-order valence-corrected chi connectivity index (χ3v) is 1.84. The summed E-state index contributed by atoms with van der Waals surface area (Å²) in [4.78, 5) is 6.48. The lowest BCUT2D eigenvalue weighted by Crippen LogP contribution is -2.21. The zero-order valence-corrected chi connectivity index (χ0v) is 8.83. The normalized spacial score (nSPS) is 10.8. The van der Waals surface area contributed by atoms with E-state index in [0.717, 1.165) is 24.7 Å². The first-order valence-electron chi connectivity index (χ1n) is 4.48.